The van der Waals surface area contributed by atoms with Crippen molar-refractivity contribution in [2.24, 2.45) is 0 Å². The monoisotopic (exact) mass is 311 g/mol. The first-order valence-electron chi connectivity index (χ1n) is 5.93. The molecule has 0 aliphatic carbocycles. The molecule has 21 heavy (non-hydrogen) atoms. The predicted molar refractivity (Wildman–Crippen MR) is 74.6 cm³/mol. The van der Waals surface area contributed by atoms with Gasteiger partial charge < -0.3 is 4.52 Å². The van der Waals surface area contributed by atoms with Gasteiger partial charge in [-0.05, 0) is 26.3 Å². The Morgan fingerprint density at radius 3 is 2.48 bits per heavy atom. The van der Waals surface area contributed by atoms with Crippen LogP contribution in [0.4, 0.5) is 11.4 Å². The normalized spacial score (nSPS) is 11.4. The molecule has 0 fully saturated rings. The molecule has 1 aromatic heterocycles. The third-order valence-electron chi connectivity index (χ3n) is 2.91. The summed E-state index contributed by atoms with van der Waals surface area (Å²) in [6.45, 7) is 4.63. The van der Waals surface area contributed by atoms with E-state index in [0.717, 1.165) is 0 Å². The van der Waals surface area contributed by atoms with Gasteiger partial charge in [-0.25, -0.2) is 8.42 Å². The topological polar surface area (TPSA) is 115 Å². The van der Waals surface area contributed by atoms with Crippen LogP contribution < -0.4 is 4.72 Å². The second kappa shape index (κ2) is 5.17. The summed E-state index contributed by atoms with van der Waals surface area (Å²) in [5.41, 5.74) is 0.736. The molecule has 1 N–H and O–H groups in total. The summed E-state index contributed by atoms with van der Waals surface area (Å²) in [4.78, 5) is 10.1. The van der Waals surface area contributed by atoms with Crippen LogP contribution in [0.5, 0.6) is 0 Å². The molecule has 1 heterocycles. The molecule has 0 unspecified atom stereocenters. The molecule has 0 aliphatic heterocycles. The van der Waals surface area contributed by atoms with Crippen molar-refractivity contribution in [3.63, 3.8) is 0 Å². The number of rotatable bonds is 4. The van der Waals surface area contributed by atoms with Gasteiger partial charge in [0.15, 0.2) is 10.7 Å². The Morgan fingerprint density at radius 2 is 1.95 bits per heavy atom. The van der Waals surface area contributed by atoms with Gasteiger partial charge in [0.1, 0.15) is 5.69 Å². The van der Waals surface area contributed by atoms with Crippen LogP contribution in [-0.2, 0) is 10.0 Å². The van der Waals surface area contributed by atoms with Gasteiger partial charge in [-0.15, -0.1) is 0 Å². The van der Waals surface area contributed by atoms with Crippen molar-refractivity contribution in [3.8, 4) is 0 Å². The number of nitrogens with zero attached hydrogens (tertiary/aromatic N) is 2. The average Bonchev–Trinajstić information content (AvgIpc) is 2.71. The van der Waals surface area contributed by atoms with Crippen molar-refractivity contribution in [2.45, 2.75) is 25.7 Å². The van der Waals surface area contributed by atoms with Crippen LogP contribution in [0.2, 0.25) is 0 Å². The molecule has 0 aliphatic rings. The number of hydrogen-bond acceptors (Lipinski definition) is 6. The van der Waals surface area contributed by atoms with Gasteiger partial charge in [-0.1, -0.05) is 11.2 Å². The molecule has 0 amide bonds. The quantitative estimate of drug-likeness (QED) is 0.684. The van der Waals surface area contributed by atoms with E-state index in [9.17, 15) is 18.5 Å². The SMILES string of the molecule is Cc1ccc([N+](=O)[O-])cc1NS(=O)(=O)c1c(C)noc1C. The third-order valence-corrected chi connectivity index (χ3v) is 4.52. The van der Waals surface area contributed by atoms with Gasteiger partial charge >= 0.3 is 0 Å². The van der Waals surface area contributed by atoms with Gasteiger partial charge in [0.25, 0.3) is 15.7 Å². The van der Waals surface area contributed by atoms with Gasteiger partial charge in [0, 0.05) is 12.1 Å². The van der Waals surface area contributed by atoms with Crippen molar-refractivity contribution in [1.82, 2.24) is 5.16 Å². The van der Waals surface area contributed by atoms with Crippen LogP contribution in [0.1, 0.15) is 17.0 Å². The maximum atomic E-state index is 12.4. The van der Waals surface area contributed by atoms with Crippen molar-refractivity contribution >= 4 is 21.4 Å². The summed E-state index contributed by atoms with van der Waals surface area (Å²) in [5, 5.41) is 14.4. The second-order valence-electron chi connectivity index (χ2n) is 4.52. The number of anilines is 1. The van der Waals surface area contributed by atoms with E-state index in [1.807, 2.05) is 0 Å². The number of non-ortho nitro benzene ring substituents is 1. The Labute approximate surface area is 121 Å². The van der Waals surface area contributed by atoms with Crippen LogP contribution in [0.25, 0.3) is 0 Å². The Morgan fingerprint density at radius 1 is 1.29 bits per heavy atom. The maximum absolute atomic E-state index is 12.4. The van der Waals surface area contributed by atoms with E-state index in [0.29, 0.717) is 5.56 Å². The number of hydrogen-bond donors (Lipinski definition) is 1. The first-order valence-corrected chi connectivity index (χ1v) is 7.41. The smallest absolute Gasteiger partial charge is 0.271 e. The standard InChI is InChI=1S/C12H13N3O5S/c1-7-4-5-10(15(16)17)6-11(7)14-21(18,19)12-8(2)13-20-9(12)3/h4-6,14H,1-3H3. The van der Waals surface area contributed by atoms with Crippen LogP contribution in [0, 0.1) is 30.9 Å². The van der Waals surface area contributed by atoms with Crippen LogP contribution in [0.15, 0.2) is 27.6 Å². The molecule has 2 rings (SSSR count). The molecule has 8 nitrogen and oxygen atoms in total. The van der Waals surface area contributed by atoms with Crippen LogP contribution >= 0.6 is 0 Å². The summed E-state index contributed by atoms with van der Waals surface area (Å²) in [6, 6.07) is 3.96. The first-order chi connectivity index (χ1) is 9.72. The predicted octanol–water partition coefficient (Wildman–Crippen LogP) is 2.31. The molecule has 0 saturated carbocycles. The van der Waals surface area contributed by atoms with Gasteiger partial charge in [0.2, 0.25) is 0 Å². The highest BCUT2D eigenvalue weighted by molar-refractivity contribution is 7.92. The summed E-state index contributed by atoms with van der Waals surface area (Å²) >= 11 is 0. The van der Waals surface area contributed by atoms with Crippen molar-refractivity contribution in [2.75, 3.05) is 4.72 Å². The maximum Gasteiger partial charge on any atom is 0.271 e. The fraction of sp³-hybridized carbons (Fsp3) is 0.250. The highest BCUT2D eigenvalue weighted by Gasteiger charge is 2.25. The second-order valence-corrected chi connectivity index (χ2v) is 6.13. The van der Waals surface area contributed by atoms with E-state index < -0.39 is 14.9 Å². The lowest BCUT2D eigenvalue weighted by Crippen LogP contribution is -2.15. The summed E-state index contributed by atoms with van der Waals surface area (Å²) in [5.74, 6) is 0.156. The Bertz CT molecular complexity index is 791. The molecule has 2 aromatic rings. The molecule has 0 radical (unpaired) electrons. The van der Waals surface area contributed by atoms with Crippen LogP contribution in [0.3, 0.4) is 0 Å². The average molecular weight is 311 g/mol. The molecule has 9 heteroatoms. The number of nitro benzene ring substituents is 1. The van der Waals surface area contributed by atoms with Crippen LogP contribution in [-0.4, -0.2) is 18.5 Å². The lowest BCUT2D eigenvalue weighted by atomic mass is 10.2. The van der Waals surface area contributed by atoms with Crippen molar-refractivity contribution in [1.29, 1.82) is 0 Å². The Balaban J connectivity index is 2.46. The summed E-state index contributed by atoms with van der Waals surface area (Å²) < 4.78 is 31.9. The van der Waals surface area contributed by atoms with E-state index >= 15 is 0 Å². The molecule has 0 saturated heterocycles. The van der Waals surface area contributed by atoms with Crippen molar-refractivity contribution < 1.29 is 17.9 Å². The zero-order valence-corrected chi connectivity index (χ0v) is 12.4. The summed E-state index contributed by atoms with van der Waals surface area (Å²) in [6.07, 6.45) is 0. The highest BCUT2D eigenvalue weighted by atomic mass is 32.2. The minimum Gasteiger partial charge on any atom is -0.360 e. The molecule has 0 bridgehead atoms. The third kappa shape index (κ3) is 2.87. The molecule has 0 spiro atoms. The molecular weight excluding hydrogens is 298 g/mol. The minimum atomic E-state index is -3.93. The van der Waals surface area contributed by atoms with Crippen molar-refractivity contribution in [3.05, 3.63) is 45.3 Å². The van der Waals surface area contributed by atoms with E-state index in [1.165, 1.54) is 32.0 Å². The molecule has 0 atom stereocenters. The molecular formula is C12H13N3O5S. The van der Waals surface area contributed by atoms with E-state index in [2.05, 4.69) is 9.88 Å². The number of aromatic nitrogens is 1. The Kier molecular flexibility index (Phi) is 3.69. The van der Waals surface area contributed by atoms with E-state index in [4.69, 9.17) is 4.52 Å². The number of benzene rings is 1. The summed E-state index contributed by atoms with van der Waals surface area (Å²) in [7, 11) is -3.93. The number of nitrogens with one attached hydrogen (secondary N) is 1. The number of aryl methyl sites for hydroxylation is 3. The lowest BCUT2D eigenvalue weighted by Gasteiger charge is -2.10. The molecule has 112 valence electrons. The highest BCUT2D eigenvalue weighted by Crippen LogP contribution is 2.26. The fourth-order valence-electron chi connectivity index (χ4n) is 1.89. The zero-order chi connectivity index (χ0) is 15.8. The first kappa shape index (κ1) is 15.0. The van der Waals surface area contributed by atoms with Gasteiger partial charge in [0.05, 0.1) is 10.6 Å². The largest absolute Gasteiger partial charge is 0.360 e. The van der Waals surface area contributed by atoms with Gasteiger partial charge in [-0.3, -0.25) is 14.8 Å². The zero-order valence-electron chi connectivity index (χ0n) is 11.6. The molecule has 1 aromatic carbocycles. The fourth-order valence-corrected chi connectivity index (χ4v) is 3.34. The Hall–Kier alpha value is -2.42. The number of nitro groups is 1. The minimum absolute atomic E-state index is 0.0617. The van der Waals surface area contributed by atoms with E-state index in [-0.39, 0.29) is 27.7 Å². The number of sulfonamides is 1. The van der Waals surface area contributed by atoms with E-state index in [1.54, 1.807) is 6.92 Å². The lowest BCUT2D eigenvalue weighted by molar-refractivity contribution is -0.384. The van der Waals surface area contributed by atoms with Gasteiger partial charge in [-0.2, -0.15) is 0 Å².